The fourth-order valence-electron chi connectivity index (χ4n) is 4.45. The SMILES string of the molecule is CC(C)[C@@H]1NC(=O)/C=C/[C@@H](NC(=O)CNC(=O)C(Cc2ccc(O)cc2)NC(=O)O)COC(=O)[C@H](Cc2ccc(O)cc2)NC1=O. The molecular formula is C31H37N5O10. The molecule has 15 heteroatoms. The number of aromatic hydroxyl groups is 2. The van der Waals surface area contributed by atoms with Crippen LogP contribution in [0.3, 0.4) is 0 Å². The van der Waals surface area contributed by atoms with Crippen LogP contribution in [0.15, 0.2) is 60.7 Å². The minimum absolute atomic E-state index is 0.00565. The van der Waals surface area contributed by atoms with Crippen molar-refractivity contribution >= 4 is 35.7 Å². The van der Waals surface area contributed by atoms with Gasteiger partial charge in [0.1, 0.15) is 36.2 Å². The standard InChI is InChI=1S/C31H37N5O10/c1-17(2)27-29(42)34-24(14-19-5-10-22(38)11-6-19)30(43)46-16-20(7-12-25(39)36-27)33-26(40)15-32-28(41)23(35-31(44)45)13-18-3-8-21(37)9-4-18/h3-12,17,20,23-24,27,35,37-38H,13-16H2,1-2H3,(H,32,41)(H,33,40)(H,34,42)(H,36,39)(H,44,45)/b12-7+/t20-,23?,24+,27+/m1/s1. The summed E-state index contributed by atoms with van der Waals surface area (Å²) in [5.74, 6) is -3.91. The van der Waals surface area contributed by atoms with Gasteiger partial charge in [-0.3, -0.25) is 19.2 Å². The maximum atomic E-state index is 13.1. The van der Waals surface area contributed by atoms with Crippen LogP contribution in [0, 0.1) is 5.92 Å². The maximum Gasteiger partial charge on any atom is 0.405 e. The molecule has 46 heavy (non-hydrogen) atoms. The van der Waals surface area contributed by atoms with Gasteiger partial charge in [-0.2, -0.15) is 0 Å². The topological polar surface area (TPSA) is 232 Å². The first-order chi connectivity index (χ1) is 21.8. The third-order valence-electron chi connectivity index (χ3n) is 6.87. The summed E-state index contributed by atoms with van der Waals surface area (Å²) in [5.41, 5.74) is 1.16. The van der Waals surface area contributed by atoms with E-state index in [1.807, 2.05) is 0 Å². The van der Waals surface area contributed by atoms with E-state index in [1.54, 1.807) is 26.0 Å². The zero-order valence-corrected chi connectivity index (χ0v) is 25.2. The second-order valence-corrected chi connectivity index (χ2v) is 10.9. The molecule has 2 aromatic carbocycles. The van der Waals surface area contributed by atoms with Crippen molar-refractivity contribution in [1.29, 1.82) is 0 Å². The van der Waals surface area contributed by atoms with Gasteiger partial charge in [0.05, 0.1) is 12.6 Å². The van der Waals surface area contributed by atoms with Crippen molar-refractivity contribution in [3.63, 3.8) is 0 Å². The monoisotopic (exact) mass is 639 g/mol. The Morgan fingerprint density at radius 1 is 0.935 bits per heavy atom. The molecule has 8 N–H and O–H groups in total. The zero-order valence-electron chi connectivity index (χ0n) is 25.2. The Morgan fingerprint density at radius 2 is 1.54 bits per heavy atom. The van der Waals surface area contributed by atoms with E-state index in [-0.39, 0.29) is 30.3 Å². The summed E-state index contributed by atoms with van der Waals surface area (Å²) in [6.07, 6.45) is 0.850. The number of cyclic esters (lactones) is 1. The van der Waals surface area contributed by atoms with Gasteiger partial charge < -0.3 is 46.6 Å². The molecule has 0 aromatic heterocycles. The predicted octanol–water partition coefficient (Wildman–Crippen LogP) is -0.141. The van der Waals surface area contributed by atoms with Crippen molar-refractivity contribution in [2.75, 3.05) is 13.2 Å². The second kappa shape index (κ2) is 16.5. The molecule has 0 aliphatic carbocycles. The van der Waals surface area contributed by atoms with Crippen LogP contribution in [-0.4, -0.2) is 88.3 Å². The molecule has 0 spiro atoms. The quantitative estimate of drug-likeness (QED) is 0.160. The highest BCUT2D eigenvalue weighted by atomic mass is 16.5. The summed E-state index contributed by atoms with van der Waals surface area (Å²) in [7, 11) is 0. The highest BCUT2D eigenvalue weighted by molar-refractivity contribution is 5.95. The number of carbonyl (C=O) groups excluding carboxylic acids is 5. The van der Waals surface area contributed by atoms with Gasteiger partial charge in [-0.25, -0.2) is 9.59 Å². The van der Waals surface area contributed by atoms with Crippen molar-refractivity contribution in [2.45, 2.75) is 50.9 Å². The normalized spacial score (nSPS) is 20.1. The molecule has 1 unspecified atom stereocenters. The van der Waals surface area contributed by atoms with Gasteiger partial charge in [-0.1, -0.05) is 44.2 Å². The number of hydrogen-bond donors (Lipinski definition) is 8. The van der Waals surface area contributed by atoms with Crippen molar-refractivity contribution < 1.29 is 48.8 Å². The molecule has 0 saturated carbocycles. The Labute approximate surface area is 264 Å². The summed E-state index contributed by atoms with van der Waals surface area (Å²) < 4.78 is 5.42. The lowest BCUT2D eigenvalue weighted by Crippen LogP contribution is -2.55. The van der Waals surface area contributed by atoms with Crippen LogP contribution in [0.25, 0.3) is 0 Å². The molecule has 15 nitrogen and oxygen atoms in total. The van der Waals surface area contributed by atoms with Crippen LogP contribution in [0.1, 0.15) is 25.0 Å². The van der Waals surface area contributed by atoms with E-state index in [9.17, 15) is 39.0 Å². The van der Waals surface area contributed by atoms with E-state index in [0.717, 1.165) is 6.08 Å². The van der Waals surface area contributed by atoms with Crippen molar-refractivity contribution in [1.82, 2.24) is 26.6 Å². The third kappa shape index (κ3) is 11.2. The maximum absolute atomic E-state index is 13.1. The van der Waals surface area contributed by atoms with Gasteiger partial charge in [0.25, 0.3) is 0 Å². The van der Waals surface area contributed by atoms with Crippen LogP contribution in [0.5, 0.6) is 11.5 Å². The first kappa shape index (κ1) is 34.9. The molecule has 3 rings (SSSR count). The molecule has 0 radical (unpaired) electrons. The molecule has 5 amide bonds. The number of hydrogen-bond acceptors (Lipinski definition) is 9. The molecule has 0 bridgehead atoms. The van der Waals surface area contributed by atoms with Gasteiger partial charge in [0, 0.05) is 18.9 Å². The molecule has 2 aromatic rings. The highest BCUT2D eigenvalue weighted by Gasteiger charge is 2.31. The average molecular weight is 640 g/mol. The molecule has 4 atom stereocenters. The van der Waals surface area contributed by atoms with Crippen LogP contribution in [0.2, 0.25) is 0 Å². The third-order valence-corrected chi connectivity index (χ3v) is 6.87. The lowest BCUT2D eigenvalue weighted by Gasteiger charge is -2.26. The average Bonchev–Trinajstić information content (AvgIpc) is 3.00. The number of benzene rings is 2. The number of phenols is 2. The first-order valence-electron chi connectivity index (χ1n) is 14.4. The van der Waals surface area contributed by atoms with Gasteiger partial charge in [-0.15, -0.1) is 0 Å². The molecule has 1 aliphatic heterocycles. The van der Waals surface area contributed by atoms with Gasteiger partial charge in [-0.05, 0) is 41.3 Å². The molecular weight excluding hydrogens is 602 g/mol. The van der Waals surface area contributed by atoms with E-state index >= 15 is 0 Å². The Balaban J connectivity index is 1.70. The summed E-state index contributed by atoms with van der Waals surface area (Å²) in [4.78, 5) is 75.6. The second-order valence-electron chi connectivity index (χ2n) is 10.9. The summed E-state index contributed by atoms with van der Waals surface area (Å²) in [6, 6.07) is 7.37. The van der Waals surface area contributed by atoms with Gasteiger partial charge >= 0.3 is 12.1 Å². The predicted molar refractivity (Wildman–Crippen MR) is 162 cm³/mol. The number of ether oxygens (including phenoxy) is 1. The number of carbonyl (C=O) groups is 6. The van der Waals surface area contributed by atoms with Crippen LogP contribution in [0.4, 0.5) is 4.79 Å². The van der Waals surface area contributed by atoms with Crippen molar-refractivity contribution in [3.8, 4) is 11.5 Å². The van der Waals surface area contributed by atoms with Crippen LogP contribution >= 0.6 is 0 Å². The Kier molecular flexibility index (Phi) is 12.5. The van der Waals surface area contributed by atoms with E-state index in [0.29, 0.717) is 11.1 Å². The van der Waals surface area contributed by atoms with E-state index in [4.69, 9.17) is 9.84 Å². The number of nitrogens with one attached hydrogen (secondary N) is 5. The zero-order chi connectivity index (χ0) is 33.8. The summed E-state index contributed by atoms with van der Waals surface area (Å²) in [5, 5.41) is 40.4. The summed E-state index contributed by atoms with van der Waals surface area (Å²) in [6.45, 7) is 2.42. The number of carboxylic acid groups (broad SMARTS) is 1. The highest BCUT2D eigenvalue weighted by Crippen LogP contribution is 2.14. The van der Waals surface area contributed by atoms with Crippen molar-refractivity contribution in [3.05, 3.63) is 71.8 Å². The molecule has 1 heterocycles. The number of phenolic OH excluding ortho intramolecular Hbond substituents is 2. The summed E-state index contributed by atoms with van der Waals surface area (Å²) >= 11 is 0. The number of amides is 5. The lowest BCUT2D eigenvalue weighted by molar-refractivity contribution is -0.149. The Bertz CT molecular complexity index is 1440. The number of esters is 1. The van der Waals surface area contributed by atoms with Crippen LogP contribution < -0.4 is 26.6 Å². The van der Waals surface area contributed by atoms with E-state index in [2.05, 4.69) is 26.6 Å². The molecule has 0 saturated heterocycles. The largest absolute Gasteiger partial charge is 0.508 e. The lowest BCUT2D eigenvalue weighted by atomic mass is 10.0. The fourth-order valence-corrected chi connectivity index (χ4v) is 4.45. The van der Waals surface area contributed by atoms with Gasteiger partial charge in [0.2, 0.25) is 23.6 Å². The minimum atomic E-state index is -1.46. The number of rotatable bonds is 10. The van der Waals surface area contributed by atoms with E-state index in [1.165, 1.54) is 42.5 Å². The fraction of sp³-hybridized carbons (Fsp3) is 0.355. The smallest absolute Gasteiger partial charge is 0.405 e. The van der Waals surface area contributed by atoms with Crippen LogP contribution in [-0.2, 0) is 41.6 Å². The Hall–Kier alpha value is -5.60. The molecule has 246 valence electrons. The molecule has 1 aliphatic rings. The minimum Gasteiger partial charge on any atom is -0.508 e. The van der Waals surface area contributed by atoms with Crippen molar-refractivity contribution in [2.24, 2.45) is 5.92 Å². The molecule has 0 fully saturated rings. The van der Waals surface area contributed by atoms with E-state index < -0.39 is 73.0 Å². The van der Waals surface area contributed by atoms with Gasteiger partial charge in [0.15, 0.2) is 0 Å². The first-order valence-corrected chi connectivity index (χ1v) is 14.4. The Morgan fingerprint density at radius 3 is 2.13 bits per heavy atom.